The number of carbonyl (C=O) groups is 2. The van der Waals surface area contributed by atoms with E-state index in [2.05, 4.69) is 5.32 Å². The monoisotopic (exact) mass is 648 g/mol. The highest BCUT2D eigenvalue weighted by molar-refractivity contribution is 6.07. The van der Waals surface area contributed by atoms with Crippen LogP contribution in [0.5, 0.6) is 11.5 Å². The van der Waals surface area contributed by atoms with Crippen LogP contribution in [-0.4, -0.2) is 53.8 Å². The minimum absolute atomic E-state index is 0.0196. The van der Waals surface area contributed by atoms with Gasteiger partial charge in [0.1, 0.15) is 17.0 Å². The van der Waals surface area contributed by atoms with Crippen molar-refractivity contribution in [2.24, 2.45) is 0 Å². The van der Waals surface area contributed by atoms with Crippen LogP contribution in [0, 0.1) is 0 Å². The number of nitrogens with zero attached hydrogens (tertiary/aromatic N) is 1. The van der Waals surface area contributed by atoms with Crippen LogP contribution in [0.25, 0.3) is 0 Å². The topological polar surface area (TPSA) is 88.1 Å². The number of aliphatic hydroxyl groups is 1. The van der Waals surface area contributed by atoms with E-state index in [1.54, 1.807) is 43.3 Å². The van der Waals surface area contributed by atoms with Gasteiger partial charge in [-0.3, -0.25) is 9.69 Å². The molecule has 1 aliphatic heterocycles. The summed E-state index contributed by atoms with van der Waals surface area (Å²) in [5.74, 6) is 0.413. The molecule has 3 aromatic carbocycles. The van der Waals surface area contributed by atoms with Crippen LogP contribution >= 0.6 is 0 Å². The molecule has 0 spiro atoms. The Balaban J connectivity index is 1.40. The molecule has 248 valence electrons. The van der Waals surface area contributed by atoms with E-state index >= 15 is 0 Å². The molecule has 0 bridgehead atoms. The van der Waals surface area contributed by atoms with Crippen molar-refractivity contribution in [2.75, 3.05) is 13.2 Å². The Hall–Kier alpha value is -4.19. The SMILES string of the molecule is CC(C)Oc1ccc(C2(C)NC(=O)N(CCCCOc3ccc(C(O)(C(F)F)C(F)(F)F)cc3CCc3ccccc3)C2=O)cc1. The first kappa shape index (κ1) is 34.7. The third-order valence-electron chi connectivity index (χ3n) is 7.89. The molecule has 46 heavy (non-hydrogen) atoms. The van der Waals surface area contributed by atoms with E-state index in [-0.39, 0.29) is 37.0 Å². The Morgan fingerprint density at radius 1 is 0.935 bits per heavy atom. The lowest BCUT2D eigenvalue weighted by molar-refractivity contribution is -0.305. The van der Waals surface area contributed by atoms with Crippen LogP contribution in [0.4, 0.5) is 26.7 Å². The number of alkyl halides is 5. The summed E-state index contributed by atoms with van der Waals surface area (Å²) >= 11 is 0. The Morgan fingerprint density at radius 2 is 1.61 bits per heavy atom. The summed E-state index contributed by atoms with van der Waals surface area (Å²) in [5, 5.41) is 12.8. The fourth-order valence-corrected chi connectivity index (χ4v) is 5.28. The van der Waals surface area contributed by atoms with E-state index in [0.29, 0.717) is 30.6 Å². The average molecular weight is 649 g/mol. The van der Waals surface area contributed by atoms with Gasteiger partial charge in [0.05, 0.1) is 12.7 Å². The summed E-state index contributed by atoms with van der Waals surface area (Å²) in [7, 11) is 0. The molecule has 2 unspecified atom stereocenters. The first-order valence-corrected chi connectivity index (χ1v) is 15.0. The number of hydrogen-bond acceptors (Lipinski definition) is 5. The van der Waals surface area contributed by atoms with Crippen LogP contribution < -0.4 is 14.8 Å². The molecule has 1 aliphatic rings. The Labute approximate surface area is 264 Å². The highest BCUT2D eigenvalue weighted by Crippen LogP contribution is 2.44. The summed E-state index contributed by atoms with van der Waals surface area (Å²) in [6.45, 7) is 5.60. The quantitative estimate of drug-likeness (QED) is 0.113. The van der Waals surface area contributed by atoms with Gasteiger partial charge in [0.25, 0.3) is 12.3 Å². The standard InChI is InChI=1S/C34H37F5N2O5/c1-22(2)46-27-16-13-25(14-17-27)32(3)30(42)41(31(43)40-32)19-7-8-20-45-28-18-15-26(33(44,29(35)36)34(37,38)39)21-24(28)12-11-23-9-5-4-6-10-23/h4-6,9-10,13-18,21-22,29,44H,7-8,11-12,19-20H2,1-3H3,(H,40,43). The smallest absolute Gasteiger partial charge is 0.427 e. The van der Waals surface area contributed by atoms with Gasteiger partial charge in [-0.05, 0) is 93.0 Å². The number of carbonyl (C=O) groups excluding carboxylic acids is 2. The fourth-order valence-electron chi connectivity index (χ4n) is 5.28. The third-order valence-corrected chi connectivity index (χ3v) is 7.89. The van der Waals surface area contributed by atoms with Crippen LogP contribution in [0.3, 0.4) is 0 Å². The molecule has 1 fully saturated rings. The van der Waals surface area contributed by atoms with Gasteiger partial charge in [0, 0.05) is 6.54 Å². The number of unbranched alkanes of at least 4 members (excludes halogenated alkanes) is 1. The Bertz CT molecular complexity index is 1500. The Kier molecular flexibility index (Phi) is 10.6. The molecular formula is C34H37F5N2O5. The van der Waals surface area contributed by atoms with Gasteiger partial charge < -0.3 is 19.9 Å². The van der Waals surface area contributed by atoms with Gasteiger partial charge in [-0.2, -0.15) is 13.2 Å². The highest BCUT2D eigenvalue weighted by Gasteiger charge is 2.61. The molecule has 4 rings (SSSR count). The summed E-state index contributed by atoms with van der Waals surface area (Å²) in [6.07, 6.45) is -8.44. The zero-order valence-electron chi connectivity index (χ0n) is 25.7. The molecule has 12 heteroatoms. The van der Waals surface area contributed by atoms with Crippen molar-refractivity contribution < 1.29 is 46.1 Å². The second-order valence-corrected chi connectivity index (χ2v) is 11.6. The van der Waals surface area contributed by atoms with Gasteiger partial charge >= 0.3 is 12.2 Å². The molecule has 3 amide bonds. The third kappa shape index (κ3) is 7.43. The number of hydrogen-bond donors (Lipinski definition) is 2. The summed E-state index contributed by atoms with van der Waals surface area (Å²) in [6, 6.07) is 18.3. The lowest BCUT2D eigenvalue weighted by Crippen LogP contribution is -2.48. The van der Waals surface area contributed by atoms with E-state index in [1.165, 1.54) is 0 Å². The summed E-state index contributed by atoms with van der Waals surface area (Å²) < 4.78 is 79.3. The predicted molar refractivity (Wildman–Crippen MR) is 161 cm³/mol. The molecule has 0 aromatic heterocycles. The van der Waals surface area contributed by atoms with Crippen LogP contribution in [0.2, 0.25) is 0 Å². The number of halogens is 5. The first-order chi connectivity index (χ1) is 21.7. The fraction of sp³-hybridized carbons (Fsp3) is 0.412. The van der Waals surface area contributed by atoms with E-state index in [1.807, 2.05) is 32.0 Å². The Morgan fingerprint density at radius 3 is 2.22 bits per heavy atom. The van der Waals surface area contributed by atoms with Crippen molar-refractivity contribution in [3.63, 3.8) is 0 Å². The number of amides is 3. The van der Waals surface area contributed by atoms with Crippen LogP contribution in [-0.2, 0) is 28.8 Å². The minimum atomic E-state index is -5.61. The molecule has 1 saturated heterocycles. The number of aryl methyl sites for hydroxylation is 2. The highest BCUT2D eigenvalue weighted by atomic mass is 19.4. The van der Waals surface area contributed by atoms with Gasteiger partial charge in [0.15, 0.2) is 0 Å². The van der Waals surface area contributed by atoms with Crippen molar-refractivity contribution >= 4 is 11.9 Å². The maximum Gasteiger partial charge on any atom is 0.427 e. The van der Waals surface area contributed by atoms with Gasteiger partial charge in [-0.15, -0.1) is 0 Å². The normalized spacial score (nSPS) is 18.2. The maximum atomic E-state index is 13.6. The minimum Gasteiger partial charge on any atom is -0.493 e. The molecule has 0 radical (unpaired) electrons. The number of urea groups is 1. The van der Waals surface area contributed by atoms with Crippen molar-refractivity contribution in [1.29, 1.82) is 0 Å². The number of imide groups is 1. The number of ether oxygens (including phenoxy) is 2. The van der Waals surface area contributed by atoms with E-state index < -0.39 is 41.2 Å². The van der Waals surface area contributed by atoms with Crippen LogP contribution in [0.1, 0.15) is 55.9 Å². The predicted octanol–water partition coefficient (Wildman–Crippen LogP) is 6.90. The molecule has 1 heterocycles. The second kappa shape index (κ2) is 14.1. The molecule has 3 aromatic rings. The van der Waals surface area contributed by atoms with E-state index in [9.17, 15) is 36.6 Å². The lowest BCUT2D eigenvalue weighted by Gasteiger charge is -2.30. The van der Waals surface area contributed by atoms with Crippen molar-refractivity contribution in [2.45, 2.75) is 76.3 Å². The molecule has 2 N–H and O–H groups in total. The second-order valence-electron chi connectivity index (χ2n) is 11.6. The van der Waals surface area contributed by atoms with Crippen molar-refractivity contribution in [3.8, 4) is 11.5 Å². The summed E-state index contributed by atoms with van der Waals surface area (Å²) in [4.78, 5) is 27.1. The van der Waals surface area contributed by atoms with Crippen molar-refractivity contribution in [1.82, 2.24) is 10.2 Å². The largest absolute Gasteiger partial charge is 0.493 e. The molecule has 7 nitrogen and oxygen atoms in total. The molecular weight excluding hydrogens is 611 g/mol. The number of rotatable bonds is 14. The van der Waals surface area contributed by atoms with E-state index in [4.69, 9.17) is 9.47 Å². The van der Waals surface area contributed by atoms with Gasteiger partial charge in [-0.1, -0.05) is 48.5 Å². The van der Waals surface area contributed by atoms with Crippen molar-refractivity contribution in [3.05, 3.63) is 95.1 Å². The zero-order chi connectivity index (χ0) is 33.7. The lowest BCUT2D eigenvalue weighted by atomic mass is 9.90. The number of nitrogens with one attached hydrogen (secondary N) is 1. The van der Waals surface area contributed by atoms with Crippen LogP contribution in [0.15, 0.2) is 72.8 Å². The first-order valence-electron chi connectivity index (χ1n) is 15.0. The molecule has 0 saturated carbocycles. The summed E-state index contributed by atoms with van der Waals surface area (Å²) in [5.41, 5.74) is -4.87. The zero-order valence-corrected chi connectivity index (χ0v) is 25.7. The molecule has 0 aliphatic carbocycles. The average Bonchev–Trinajstić information content (AvgIpc) is 3.23. The van der Waals surface area contributed by atoms with Gasteiger partial charge in [-0.25, -0.2) is 13.6 Å². The van der Waals surface area contributed by atoms with Gasteiger partial charge in [0.2, 0.25) is 5.60 Å². The maximum absolute atomic E-state index is 13.6. The molecule has 2 atom stereocenters. The number of benzene rings is 3. The van der Waals surface area contributed by atoms with E-state index in [0.717, 1.165) is 28.7 Å².